The van der Waals surface area contributed by atoms with E-state index in [9.17, 15) is 22.8 Å². The number of amides is 1. The van der Waals surface area contributed by atoms with Crippen LogP contribution in [-0.2, 0) is 4.74 Å². The number of nitrogens with zero attached hydrogens (tertiary/aromatic N) is 1. The van der Waals surface area contributed by atoms with E-state index in [1.165, 1.54) is 18.2 Å². The van der Waals surface area contributed by atoms with E-state index in [-0.39, 0.29) is 24.5 Å². The molecule has 0 bridgehead atoms. The highest BCUT2D eigenvalue weighted by molar-refractivity contribution is 5.94. The Morgan fingerprint density at radius 1 is 1.30 bits per heavy atom. The molecule has 0 unspecified atom stereocenters. The maximum absolute atomic E-state index is 11.7. The van der Waals surface area contributed by atoms with Gasteiger partial charge in [0.05, 0.1) is 6.61 Å². The van der Waals surface area contributed by atoms with E-state index in [1.54, 1.807) is 0 Å². The lowest BCUT2D eigenvalue weighted by Crippen LogP contribution is -2.29. The Hall–Kier alpha value is -2.16. The van der Waals surface area contributed by atoms with Crippen LogP contribution in [0.4, 0.5) is 13.2 Å². The number of nitrogens with one attached hydrogen (secondary N) is 1. The number of carboxylic acids is 1. The summed E-state index contributed by atoms with van der Waals surface area (Å²) in [6.45, 7) is -1.85. The van der Waals surface area contributed by atoms with Crippen LogP contribution in [0.25, 0.3) is 0 Å². The number of alkyl halides is 3. The fourth-order valence-electron chi connectivity index (χ4n) is 1.20. The van der Waals surface area contributed by atoms with Crippen molar-refractivity contribution in [2.75, 3.05) is 19.8 Å². The molecule has 0 spiro atoms. The van der Waals surface area contributed by atoms with Gasteiger partial charge in [-0.25, -0.2) is 9.78 Å². The van der Waals surface area contributed by atoms with E-state index < -0.39 is 24.7 Å². The number of carbonyl (C=O) groups is 2. The van der Waals surface area contributed by atoms with Crippen LogP contribution in [0.15, 0.2) is 18.2 Å². The number of pyridine rings is 1. The number of aromatic nitrogens is 1. The highest BCUT2D eigenvalue weighted by Crippen LogP contribution is 2.13. The molecule has 0 saturated carbocycles. The van der Waals surface area contributed by atoms with Gasteiger partial charge >= 0.3 is 12.1 Å². The van der Waals surface area contributed by atoms with Crippen LogP contribution < -0.4 is 5.32 Å². The van der Waals surface area contributed by atoms with E-state index in [0.717, 1.165) is 0 Å². The summed E-state index contributed by atoms with van der Waals surface area (Å²) in [5.74, 6) is -1.98. The van der Waals surface area contributed by atoms with Gasteiger partial charge < -0.3 is 15.2 Å². The van der Waals surface area contributed by atoms with Crippen LogP contribution in [0.3, 0.4) is 0 Å². The molecule has 0 atom stereocenters. The summed E-state index contributed by atoms with van der Waals surface area (Å²) < 4.78 is 39.5. The van der Waals surface area contributed by atoms with Crippen LogP contribution in [0, 0.1) is 0 Å². The quantitative estimate of drug-likeness (QED) is 0.766. The van der Waals surface area contributed by atoms with Gasteiger partial charge in [-0.15, -0.1) is 0 Å². The van der Waals surface area contributed by atoms with Crippen molar-refractivity contribution in [1.82, 2.24) is 10.3 Å². The van der Waals surface area contributed by atoms with Crippen molar-refractivity contribution in [3.8, 4) is 0 Å². The zero-order valence-corrected chi connectivity index (χ0v) is 10.1. The van der Waals surface area contributed by atoms with Crippen molar-refractivity contribution in [2.24, 2.45) is 0 Å². The Kier molecular flexibility index (Phi) is 5.44. The van der Waals surface area contributed by atoms with Gasteiger partial charge in [0.25, 0.3) is 5.91 Å². The molecule has 0 saturated heterocycles. The highest BCUT2D eigenvalue weighted by Gasteiger charge is 2.27. The molecule has 0 aliphatic heterocycles. The number of ether oxygens (including phenoxy) is 1. The minimum Gasteiger partial charge on any atom is -0.477 e. The second-order valence-electron chi connectivity index (χ2n) is 3.64. The van der Waals surface area contributed by atoms with Gasteiger partial charge in [-0.2, -0.15) is 13.2 Å². The fraction of sp³-hybridized carbons (Fsp3) is 0.364. The Labute approximate surface area is 111 Å². The highest BCUT2D eigenvalue weighted by atomic mass is 19.4. The molecule has 1 aromatic rings. The zero-order chi connectivity index (χ0) is 15.2. The van der Waals surface area contributed by atoms with Gasteiger partial charge in [0, 0.05) is 6.54 Å². The summed E-state index contributed by atoms with van der Waals surface area (Å²) in [4.78, 5) is 25.8. The summed E-state index contributed by atoms with van der Waals surface area (Å²) >= 11 is 0. The average Bonchev–Trinajstić information content (AvgIpc) is 2.37. The SMILES string of the molecule is O=C(O)c1cccc(C(=O)NCCOCC(F)(F)F)n1. The molecule has 1 aromatic heterocycles. The van der Waals surface area contributed by atoms with Crippen molar-refractivity contribution < 1.29 is 32.6 Å². The number of halogens is 3. The number of aromatic carboxylic acids is 1. The second-order valence-corrected chi connectivity index (χ2v) is 3.64. The normalized spacial score (nSPS) is 11.2. The van der Waals surface area contributed by atoms with Crippen LogP contribution in [-0.4, -0.2) is 47.9 Å². The largest absolute Gasteiger partial charge is 0.477 e. The predicted octanol–water partition coefficient (Wildman–Crippen LogP) is 1.09. The Balaban J connectivity index is 2.40. The van der Waals surface area contributed by atoms with Crippen molar-refractivity contribution in [1.29, 1.82) is 0 Å². The third-order valence-electron chi connectivity index (χ3n) is 2.00. The molecule has 6 nitrogen and oxygen atoms in total. The van der Waals surface area contributed by atoms with Gasteiger partial charge in [-0.3, -0.25) is 4.79 Å². The molecule has 0 aromatic carbocycles. The third-order valence-corrected chi connectivity index (χ3v) is 2.00. The molecule has 1 rings (SSSR count). The average molecular weight is 292 g/mol. The number of hydrogen-bond donors (Lipinski definition) is 2. The first-order chi connectivity index (χ1) is 9.29. The third kappa shape index (κ3) is 5.65. The number of carbonyl (C=O) groups excluding carboxylic acids is 1. The lowest BCUT2D eigenvalue weighted by atomic mass is 10.3. The van der Waals surface area contributed by atoms with Crippen LogP contribution >= 0.6 is 0 Å². The molecule has 1 amide bonds. The first kappa shape index (κ1) is 15.9. The van der Waals surface area contributed by atoms with Gasteiger partial charge in [0.2, 0.25) is 0 Å². The summed E-state index contributed by atoms with van der Waals surface area (Å²) in [5, 5.41) is 11.0. The van der Waals surface area contributed by atoms with Crippen molar-refractivity contribution in [2.45, 2.75) is 6.18 Å². The Bertz CT molecular complexity index is 491. The molecule has 1 heterocycles. The molecule has 110 valence electrons. The number of hydrogen-bond acceptors (Lipinski definition) is 4. The Morgan fingerprint density at radius 3 is 2.55 bits per heavy atom. The smallest absolute Gasteiger partial charge is 0.411 e. The van der Waals surface area contributed by atoms with Crippen LogP contribution in [0.2, 0.25) is 0 Å². The van der Waals surface area contributed by atoms with Gasteiger partial charge in [0.15, 0.2) is 0 Å². The van der Waals surface area contributed by atoms with E-state index in [4.69, 9.17) is 5.11 Å². The second kappa shape index (κ2) is 6.85. The molecule has 9 heteroatoms. The Morgan fingerprint density at radius 2 is 1.95 bits per heavy atom. The summed E-state index contributed by atoms with van der Waals surface area (Å²) in [5.41, 5.74) is -0.438. The predicted molar refractivity (Wildman–Crippen MR) is 60.4 cm³/mol. The van der Waals surface area contributed by atoms with E-state index >= 15 is 0 Å². The van der Waals surface area contributed by atoms with Gasteiger partial charge in [-0.05, 0) is 12.1 Å². The molecule has 20 heavy (non-hydrogen) atoms. The molecule has 0 fully saturated rings. The molecular formula is C11H11F3N2O4. The van der Waals surface area contributed by atoms with Crippen molar-refractivity contribution in [3.05, 3.63) is 29.6 Å². The lowest BCUT2D eigenvalue weighted by Gasteiger charge is -2.08. The maximum Gasteiger partial charge on any atom is 0.411 e. The summed E-state index contributed by atoms with van der Waals surface area (Å²) in [7, 11) is 0. The molecule has 0 aliphatic rings. The van der Waals surface area contributed by atoms with E-state index in [2.05, 4.69) is 15.0 Å². The summed E-state index contributed by atoms with van der Waals surface area (Å²) in [6, 6.07) is 3.84. The topological polar surface area (TPSA) is 88.5 Å². The van der Waals surface area contributed by atoms with Crippen LogP contribution in [0.1, 0.15) is 21.0 Å². The minimum atomic E-state index is -4.42. The minimum absolute atomic E-state index is 0.138. The van der Waals surface area contributed by atoms with E-state index in [0.29, 0.717) is 0 Å². The van der Waals surface area contributed by atoms with Gasteiger partial charge in [-0.1, -0.05) is 6.07 Å². The molecule has 0 aliphatic carbocycles. The lowest BCUT2D eigenvalue weighted by molar-refractivity contribution is -0.173. The standard InChI is InChI=1S/C11H11F3N2O4/c12-11(13,14)6-20-5-4-15-9(17)7-2-1-3-8(16-7)10(18)19/h1-3H,4-6H2,(H,15,17)(H,18,19). The monoisotopic (exact) mass is 292 g/mol. The molecule has 2 N–H and O–H groups in total. The van der Waals surface area contributed by atoms with Crippen molar-refractivity contribution >= 4 is 11.9 Å². The first-order valence-corrected chi connectivity index (χ1v) is 5.42. The van der Waals surface area contributed by atoms with Crippen LogP contribution in [0.5, 0.6) is 0 Å². The molecule has 0 radical (unpaired) electrons. The van der Waals surface area contributed by atoms with Gasteiger partial charge in [0.1, 0.15) is 18.0 Å². The summed E-state index contributed by atoms with van der Waals surface area (Å²) in [6.07, 6.45) is -4.42. The zero-order valence-electron chi connectivity index (χ0n) is 10.1. The maximum atomic E-state index is 11.7. The number of carboxylic acid groups (broad SMARTS) is 1. The first-order valence-electron chi connectivity index (χ1n) is 5.42. The molecular weight excluding hydrogens is 281 g/mol. The fourth-order valence-corrected chi connectivity index (χ4v) is 1.20. The number of rotatable bonds is 6. The van der Waals surface area contributed by atoms with E-state index in [1.807, 2.05) is 0 Å². The van der Waals surface area contributed by atoms with Crippen molar-refractivity contribution in [3.63, 3.8) is 0 Å².